The van der Waals surface area contributed by atoms with Gasteiger partial charge in [0, 0.05) is 25.2 Å². The summed E-state index contributed by atoms with van der Waals surface area (Å²) in [6, 6.07) is 5.58. The minimum absolute atomic E-state index is 0. The molecule has 1 aliphatic heterocycles. The molecule has 0 spiro atoms. The largest absolute Gasteiger partial charge is 0.497 e. The van der Waals surface area contributed by atoms with Crippen molar-refractivity contribution in [2.45, 2.75) is 38.8 Å². The van der Waals surface area contributed by atoms with Crippen LogP contribution in [0, 0.1) is 0 Å². The molecule has 1 aromatic carbocycles. The van der Waals surface area contributed by atoms with Crippen molar-refractivity contribution in [1.82, 2.24) is 4.90 Å². The number of nitrogens with zero attached hydrogens (tertiary/aromatic N) is 1. The quantitative estimate of drug-likeness (QED) is 0.751. The summed E-state index contributed by atoms with van der Waals surface area (Å²) in [5, 5.41) is 10.2. The Kier molecular flexibility index (Phi) is 9.53. The van der Waals surface area contributed by atoms with Gasteiger partial charge in [-0.15, -0.1) is 12.4 Å². The summed E-state index contributed by atoms with van der Waals surface area (Å²) in [6.07, 6.45) is -0.134. The SMILES string of the molecule is COc1ccc(OC)c(COCC(O)CN2CC(C)OC(C)C2)c1.Cl. The normalized spacial score (nSPS) is 22.1. The van der Waals surface area contributed by atoms with Crippen LogP contribution in [0.25, 0.3) is 0 Å². The number of morpholine rings is 1. The standard InChI is InChI=1S/C18H29NO5.ClH/c1-13-8-19(9-14(2)24-13)10-16(20)12-23-11-15-7-17(21-3)5-6-18(15)22-4;/h5-7,13-14,16,20H,8-12H2,1-4H3;1H. The highest BCUT2D eigenvalue weighted by atomic mass is 35.5. The number of β-amino-alcohol motifs (C(OH)–C–C–N with tert-alkyl or cyclic N) is 1. The Labute approximate surface area is 156 Å². The number of hydrogen-bond acceptors (Lipinski definition) is 6. The van der Waals surface area contributed by atoms with E-state index in [1.54, 1.807) is 14.2 Å². The molecule has 3 unspecified atom stereocenters. The van der Waals surface area contributed by atoms with E-state index in [0.29, 0.717) is 13.2 Å². The minimum Gasteiger partial charge on any atom is -0.497 e. The van der Waals surface area contributed by atoms with Crippen LogP contribution in [-0.2, 0) is 16.1 Å². The van der Waals surface area contributed by atoms with Crippen molar-refractivity contribution in [3.8, 4) is 11.5 Å². The van der Waals surface area contributed by atoms with Crippen LogP contribution in [0.4, 0.5) is 0 Å². The van der Waals surface area contributed by atoms with Gasteiger partial charge in [-0.2, -0.15) is 0 Å². The van der Waals surface area contributed by atoms with Gasteiger partial charge >= 0.3 is 0 Å². The van der Waals surface area contributed by atoms with Crippen molar-refractivity contribution in [3.63, 3.8) is 0 Å². The maximum absolute atomic E-state index is 10.2. The average Bonchev–Trinajstić information content (AvgIpc) is 2.53. The van der Waals surface area contributed by atoms with E-state index < -0.39 is 6.10 Å². The Balaban J connectivity index is 0.00000312. The van der Waals surface area contributed by atoms with E-state index >= 15 is 0 Å². The Morgan fingerprint density at radius 1 is 1.20 bits per heavy atom. The summed E-state index contributed by atoms with van der Waals surface area (Å²) in [5.41, 5.74) is 0.901. The minimum atomic E-state index is -0.529. The predicted octanol–water partition coefficient (Wildman–Crippen LogP) is 2.11. The maximum atomic E-state index is 10.2. The van der Waals surface area contributed by atoms with Gasteiger partial charge in [0.1, 0.15) is 11.5 Å². The van der Waals surface area contributed by atoms with E-state index in [0.717, 1.165) is 30.2 Å². The first-order chi connectivity index (χ1) is 11.5. The third-order valence-electron chi connectivity index (χ3n) is 4.02. The molecule has 0 amide bonds. The summed E-state index contributed by atoms with van der Waals surface area (Å²) in [5.74, 6) is 1.51. The predicted molar refractivity (Wildman–Crippen MR) is 98.9 cm³/mol. The zero-order valence-electron chi connectivity index (χ0n) is 15.4. The number of rotatable bonds is 8. The lowest BCUT2D eigenvalue weighted by Gasteiger charge is -2.36. The number of ether oxygens (including phenoxy) is 4. The van der Waals surface area contributed by atoms with Gasteiger partial charge in [-0.3, -0.25) is 4.90 Å². The van der Waals surface area contributed by atoms with Crippen molar-refractivity contribution in [2.24, 2.45) is 0 Å². The highest BCUT2D eigenvalue weighted by Crippen LogP contribution is 2.24. The summed E-state index contributed by atoms with van der Waals surface area (Å²) in [4.78, 5) is 2.22. The Morgan fingerprint density at radius 2 is 1.88 bits per heavy atom. The molecule has 1 fully saturated rings. The van der Waals surface area contributed by atoms with Gasteiger partial charge in [-0.25, -0.2) is 0 Å². The topological polar surface area (TPSA) is 60.4 Å². The van der Waals surface area contributed by atoms with Crippen molar-refractivity contribution in [3.05, 3.63) is 23.8 Å². The summed E-state index contributed by atoms with van der Waals surface area (Å²) < 4.78 is 21.9. The monoisotopic (exact) mass is 375 g/mol. The third kappa shape index (κ3) is 6.99. The maximum Gasteiger partial charge on any atom is 0.124 e. The van der Waals surface area contributed by atoms with Gasteiger partial charge in [0.05, 0.1) is 45.7 Å². The van der Waals surface area contributed by atoms with E-state index in [9.17, 15) is 5.11 Å². The van der Waals surface area contributed by atoms with E-state index in [4.69, 9.17) is 18.9 Å². The van der Waals surface area contributed by atoms with E-state index in [2.05, 4.69) is 18.7 Å². The van der Waals surface area contributed by atoms with Crippen LogP contribution in [0.1, 0.15) is 19.4 Å². The van der Waals surface area contributed by atoms with Crippen molar-refractivity contribution < 1.29 is 24.1 Å². The fraction of sp³-hybridized carbons (Fsp3) is 0.667. The van der Waals surface area contributed by atoms with E-state index in [1.165, 1.54) is 0 Å². The van der Waals surface area contributed by atoms with E-state index in [1.807, 2.05) is 18.2 Å². The highest BCUT2D eigenvalue weighted by molar-refractivity contribution is 5.85. The molecule has 0 aromatic heterocycles. The van der Waals surface area contributed by atoms with Crippen molar-refractivity contribution in [2.75, 3.05) is 40.5 Å². The van der Waals surface area contributed by atoms with Gasteiger partial charge in [-0.1, -0.05) is 0 Å². The van der Waals surface area contributed by atoms with Crippen LogP contribution in [0.2, 0.25) is 0 Å². The molecular formula is C18H30ClNO5. The summed E-state index contributed by atoms with van der Waals surface area (Å²) in [7, 11) is 3.25. The zero-order valence-corrected chi connectivity index (χ0v) is 16.3. The number of halogens is 1. The molecule has 7 heteroatoms. The summed E-state index contributed by atoms with van der Waals surface area (Å²) in [6.45, 7) is 7.03. The molecule has 1 N–H and O–H groups in total. The first-order valence-electron chi connectivity index (χ1n) is 8.36. The second kappa shape index (κ2) is 10.8. The lowest BCUT2D eigenvalue weighted by atomic mass is 10.2. The van der Waals surface area contributed by atoms with Crippen LogP contribution in [0.15, 0.2) is 18.2 Å². The Bertz CT molecular complexity index is 506. The lowest BCUT2D eigenvalue weighted by molar-refractivity contribution is -0.0826. The van der Waals surface area contributed by atoms with Crippen LogP contribution in [0.3, 0.4) is 0 Å². The van der Waals surface area contributed by atoms with Gasteiger partial charge in [-0.05, 0) is 32.0 Å². The molecule has 25 heavy (non-hydrogen) atoms. The number of methoxy groups -OCH3 is 2. The number of benzene rings is 1. The second-order valence-corrected chi connectivity index (χ2v) is 6.32. The fourth-order valence-electron chi connectivity index (χ4n) is 3.08. The Hall–Kier alpha value is -1.05. The molecule has 0 saturated carbocycles. The van der Waals surface area contributed by atoms with Crippen LogP contribution >= 0.6 is 12.4 Å². The molecule has 6 nitrogen and oxygen atoms in total. The molecule has 0 bridgehead atoms. The van der Waals surface area contributed by atoms with E-state index in [-0.39, 0.29) is 31.2 Å². The molecule has 2 rings (SSSR count). The van der Waals surface area contributed by atoms with Gasteiger partial charge < -0.3 is 24.1 Å². The van der Waals surface area contributed by atoms with Crippen LogP contribution in [-0.4, -0.2) is 68.8 Å². The molecule has 1 saturated heterocycles. The van der Waals surface area contributed by atoms with Crippen LogP contribution < -0.4 is 9.47 Å². The molecular weight excluding hydrogens is 346 g/mol. The molecule has 3 atom stereocenters. The van der Waals surface area contributed by atoms with Crippen molar-refractivity contribution in [1.29, 1.82) is 0 Å². The fourth-order valence-corrected chi connectivity index (χ4v) is 3.08. The number of hydrogen-bond donors (Lipinski definition) is 1. The first kappa shape index (κ1) is 22.0. The van der Waals surface area contributed by atoms with Crippen LogP contribution in [0.5, 0.6) is 11.5 Å². The average molecular weight is 376 g/mol. The van der Waals surface area contributed by atoms with Crippen molar-refractivity contribution >= 4 is 12.4 Å². The third-order valence-corrected chi connectivity index (χ3v) is 4.02. The smallest absolute Gasteiger partial charge is 0.124 e. The molecule has 1 heterocycles. The highest BCUT2D eigenvalue weighted by Gasteiger charge is 2.23. The zero-order chi connectivity index (χ0) is 17.5. The Morgan fingerprint density at radius 3 is 2.48 bits per heavy atom. The first-order valence-corrected chi connectivity index (χ1v) is 8.36. The molecule has 0 radical (unpaired) electrons. The van der Waals surface area contributed by atoms with Gasteiger partial charge in [0.2, 0.25) is 0 Å². The molecule has 1 aromatic rings. The summed E-state index contributed by atoms with van der Waals surface area (Å²) >= 11 is 0. The van der Waals surface area contributed by atoms with Gasteiger partial charge in [0.25, 0.3) is 0 Å². The lowest BCUT2D eigenvalue weighted by Crippen LogP contribution is -2.48. The molecule has 144 valence electrons. The second-order valence-electron chi connectivity index (χ2n) is 6.32. The van der Waals surface area contributed by atoms with Gasteiger partial charge in [0.15, 0.2) is 0 Å². The number of aliphatic hydroxyl groups is 1. The number of aliphatic hydroxyl groups excluding tert-OH is 1. The molecule has 1 aliphatic rings. The molecule has 0 aliphatic carbocycles.